The van der Waals surface area contributed by atoms with E-state index >= 15 is 0 Å². The summed E-state index contributed by atoms with van der Waals surface area (Å²) >= 11 is 0. The lowest BCUT2D eigenvalue weighted by molar-refractivity contribution is -0.143. The van der Waals surface area contributed by atoms with Gasteiger partial charge in [0.15, 0.2) is 0 Å². The molecule has 0 bridgehead atoms. The minimum Gasteiger partial charge on any atom is -0.508 e. The minimum atomic E-state index is -0.914. The van der Waals surface area contributed by atoms with E-state index in [4.69, 9.17) is 9.84 Å². The summed E-state index contributed by atoms with van der Waals surface area (Å²) in [7, 11) is 1.49. The van der Waals surface area contributed by atoms with Crippen LogP contribution in [0.3, 0.4) is 0 Å². The molecule has 2 atom stereocenters. The van der Waals surface area contributed by atoms with Crippen molar-refractivity contribution in [2.45, 2.75) is 25.9 Å². The second kappa shape index (κ2) is 4.06. The van der Waals surface area contributed by atoms with Gasteiger partial charge in [-0.05, 0) is 24.6 Å². The van der Waals surface area contributed by atoms with E-state index in [1.165, 1.54) is 13.2 Å². The van der Waals surface area contributed by atoms with E-state index in [0.29, 0.717) is 0 Å². The second-order valence-corrected chi connectivity index (χ2v) is 3.85. The molecule has 0 fully saturated rings. The molecule has 0 spiro atoms. The summed E-state index contributed by atoms with van der Waals surface area (Å²) in [6.45, 7) is 3.63. The summed E-state index contributed by atoms with van der Waals surface area (Å²) < 4.78 is 5.31. The van der Waals surface area contributed by atoms with Crippen LogP contribution >= 0.6 is 0 Å². The van der Waals surface area contributed by atoms with Crippen molar-refractivity contribution in [2.75, 3.05) is 7.11 Å². The molecular weight excluding hydrogens is 196 g/mol. The predicted octanol–water partition coefficient (Wildman–Crippen LogP) is 1.88. The van der Waals surface area contributed by atoms with Gasteiger partial charge in [0.2, 0.25) is 0 Å². The summed E-state index contributed by atoms with van der Waals surface area (Å²) in [5.41, 5.74) is -0.0945. The minimum absolute atomic E-state index is 0.105. The summed E-state index contributed by atoms with van der Waals surface area (Å²) in [4.78, 5) is 10.8. The van der Waals surface area contributed by atoms with Crippen molar-refractivity contribution in [2.24, 2.45) is 5.92 Å². The predicted molar refractivity (Wildman–Crippen MR) is 55.6 cm³/mol. The fourth-order valence-corrected chi connectivity index (χ4v) is 1.85. The molecule has 1 aliphatic carbocycles. The number of methoxy groups -OCH3 is 1. The van der Waals surface area contributed by atoms with Crippen LogP contribution in [0.1, 0.15) is 20.3 Å². The maximum absolute atomic E-state index is 10.8. The van der Waals surface area contributed by atoms with Crippen molar-refractivity contribution in [3.8, 4) is 0 Å². The standard InChI is InChI=1S/C11H16O4/c1-7-8(2)11(15-3,6-10(13)14)5-4-9(7)12/h4-5,8,12H,6H2,1-3H3,(H,13,14). The molecule has 0 saturated carbocycles. The maximum atomic E-state index is 10.8. The Bertz CT molecular complexity index is 329. The molecule has 4 nitrogen and oxygen atoms in total. The monoisotopic (exact) mass is 212 g/mol. The lowest BCUT2D eigenvalue weighted by Crippen LogP contribution is -2.41. The topological polar surface area (TPSA) is 66.8 Å². The van der Waals surface area contributed by atoms with Crippen molar-refractivity contribution in [1.29, 1.82) is 0 Å². The van der Waals surface area contributed by atoms with Gasteiger partial charge < -0.3 is 14.9 Å². The molecular formula is C11H16O4. The molecule has 2 unspecified atom stereocenters. The van der Waals surface area contributed by atoms with Gasteiger partial charge in [0.1, 0.15) is 11.4 Å². The molecule has 0 heterocycles. The molecule has 1 aliphatic rings. The van der Waals surface area contributed by atoms with E-state index in [9.17, 15) is 9.90 Å². The summed E-state index contributed by atoms with van der Waals surface area (Å²) in [6.07, 6.45) is 3.02. The van der Waals surface area contributed by atoms with E-state index < -0.39 is 11.6 Å². The van der Waals surface area contributed by atoms with Crippen LogP contribution in [0.5, 0.6) is 0 Å². The van der Waals surface area contributed by atoms with Crippen LogP contribution < -0.4 is 0 Å². The average Bonchev–Trinajstić information content (AvgIpc) is 2.19. The zero-order valence-corrected chi connectivity index (χ0v) is 9.15. The van der Waals surface area contributed by atoms with Crippen molar-refractivity contribution in [3.05, 3.63) is 23.5 Å². The van der Waals surface area contributed by atoms with Crippen LogP contribution in [0, 0.1) is 5.92 Å². The van der Waals surface area contributed by atoms with E-state index in [0.717, 1.165) is 5.57 Å². The molecule has 1 rings (SSSR count). The van der Waals surface area contributed by atoms with E-state index in [1.54, 1.807) is 13.0 Å². The number of hydrogen-bond donors (Lipinski definition) is 2. The molecule has 0 amide bonds. The Labute approximate surface area is 88.9 Å². The summed E-state index contributed by atoms with van der Waals surface area (Å²) in [5.74, 6) is -0.869. The maximum Gasteiger partial charge on any atom is 0.306 e. The largest absolute Gasteiger partial charge is 0.508 e. The highest BCUT2D eigenvalue weighted by molar-refractivity contribution is 5.69. The first-order valence-corrected chi connectivity index (χ1v) is 4.79. The number of rotatable bonds is 3. The molecule has 0 aromatic carbocycles. The lowest BCUT2D eigenvalue weighted by Gasteiger charge is -2.37. The third-order valence-electron chi connectivity index (χ3n) is 3.12. The SMILES string of the molecule is COC1(CC(=O)O)C=CC(O)=C(C)C1C. The molecule has 0 aliphatic heterocycles. The van der Waals surface area contributed by atoms with E-state index in [2.05, 4.69) is 0 Å². The van der Waals surface area contributed by atoms with Gasteiger partial charge in [-0.1, -0.05) is 6.92 Å². The summed E-state index contributed by atoms with van der Waals surface area (Å²) in [6, 6.07) is 0. The molecule has 0 aromatic rings. The molecule has 15 heavy (non-hydrogen) atoms. The number of carbonyl (C=O) groups is 1. The van der Waals surface area contributed by atoms with Crippen LogP contribution in [0.4, 0.5) is 0 Å². The number of carboxylic acids is 1. The van der Waals surface area contributed by atoms with Crippen molar-refractivity contribution >= 4 is 5.97 Å². The van der Waals surface area contributed by atoms with E-state index in [1.807, 2.05) is 6.92 Å². The van der Waals surface area contributed by atoms with Crippen LogP contribution in [0.15, 0.2) is 23.5 Å². The highest BCUT2D eigenvalue weighted by Crippen LogP contribution is 2.37. The van der Waals surface area contributed by atoms with Crippen LogP contribution in [0.25, 0.3) is 0 Å². The number of aliphatic hydroxyl groups excluding tert-OH is 1. The number of ether oxygens (including phenoxy) is 1. The first kappa shape index (κ1) is 11.8. The fraction of sp³-hybridized carbons (Fsp3) is 0.545. The van der Waals surface area contributed by atoms with Gasteiger partial charge in [0, 0.05) is 13.0 Å². The molecule has 0 aromatic heterocycles. The fourth-order valence-electron chi connectivity index (χ4n) is 1.85. The Kier molecular flexibility index (Phi) is 3.19. The zero-order valence-electron chi connectivity index (χ0n) is 9.15. The first-order chi connectivity index (χ1) is 6.93. The van der Waals surface area contributed by atoms with Gasteiger partial charge in [0.05, 0.1) is 6.42 Å². The Hall–Kier alpha value is -1.29. The highest BCUT2D eigenvalue weighted by Gasteiger charge is 2.39. The number of aliphatic carboxylic acids is 1. The van der Waals surface area contributed by atoms with Gasteiger partial charge >= 0.3 is 5.97 Å². The van der Waals surface area contributed by atoms with Crippen LogP contribution in [-0.2, 0) is 9.53 Å². The molecule has 84 valence electrons. The molecule has 2 N–H and O–H groups in total. The number of aliphatic hydroxyl groups is 1. The second-order valence-electron chi connectivity index (χ2n) is 3.85. The Balaban J connectivity index is 3.04. The Morgan fingerprint density at radius 1 is 1.67 bits per heavy atom. The molecule has 0 radical (unpaired) electrons. The van der Waals surface area contributed by atoms with Crippen LogP contribution in [-0.4, -0.2) is 28.9 Å². The molecule has 0 saturated heterocycles. The Morgan fingerprint density at radius 2 is 2.27 bits per heavy atom. The zero-order chi connectivity index (χ0) is 11.6. The quantitative estimate of drug-likeness (QED) is 0.749. The number of carboxylic acid groups (broad SMARTS) is 1. The third-order valence-corrected chi connectivity index (χ3v) is 3.12. The van der Waals surface area contributed by atoms with Gasteiger partial charge in [0.25, 0.3) is 0 Å². The smallest absolute Gasteiger partial charge is 0.306 e. The van der Waals surface area contributed by atoms with Gasteiger partial charge in [-0.25, -0.2) is 0 Å². The number of hydrogen-bond acceptors (Lipinski definition) is 3. The van der Waals surface area contributed by atoms with Gasteiger partial charge in [-0.3, -0.25) is 4.79 Å². The average molecular weight is 212 g/mol. The van der Waals surface area contributed by atoms with Crippen molar-refractivity contribution in [3.63, 3.8) is 0 Å². The van der Waals surface area contributed by atoms with Crippen molar-refractivity contribution < 1.29 is 19.7 Å². The van der Waals surface area contributed by atoms with Gasteiger partial charge in [-0.2, -0.15) is 0 Å². The first-order valence-electron chi connectivity index (χ1n) is 4.79. The lowest BCUT2D eigenvalue weighted by atomic mass is 9.77. The normalized spacial score (nSPS) is 30.7. The number of allylic oxidation sites excluding steroid dienone is 1. The highest BCUT2D eigenvalue weighted by atomic mass is 16.5. The third kappa shape index (κ3) is 2.04. The van der Waals surface area contributed by atoms with Gasteiger partial charge in [-0.15, -0.1) is 0 Å². The Morgan fingerprint density at radius 3 is 2.73 bits per heavy atom. The van der Waals surface area contributed by atoms with Crippen molar-refractivity contribution in [1.82, 2.24) is 0 Å². The molecule has 4 heteroatoms. The summed E-state index contributed by atoms with van der Waals surface area (Å²) in [5, 5.41) is 18.3. The van der Waals surface area contributed by atoms with E-state index in [-0.39, 0.29) is 18.1 Å². The van der Waals surface area contributed by atoms with Crippen LogP contribution in [0.2, 0.25) is 0 Å².